The number of hydrogen-bond donors (Lipinski definition) is 0. The van der Waals surface area contributed by atoms with Gasteiger partial charge in [-0.05, 0) is 11.6 Å². The molecular weight excluding hydrogens is 273 g/mol. The predicted molar refractivity (Wildman–Crippen MR) is 58.3 cm³/mol. The monoisotopic (exact) mass is 282 g/mol. The van der Waals surface area contributed by atoms with E-state index < -0.39 is 24.1 Å². The zero-order chi connectivity index (χ0) is 13.7. The highest BCUT2D eigenvalue weighted by molar-refractivity contribution is 6.17. The number of esters is 1. The molecule has 100 valence electrons. The number of alkyl halides is 3. The van der Waals surface area contributed by atoms with Crippen LogP contribution in [0.25, 0.3) is 0 Å². The third kappa shape index (κ3) is 3.80. The normalized spacial score (nSPS) is 10.6. The first-order chi connectivity index (χ1) is 8.47. The Morgan fingerprint density at radius 3 is 2.61 bits per heavy atom. The van der Waals surface area contributed by atoms with E-state index in [0.29, 0.717) is 5.56 Å². The molecule has 0 aliphatic rings. The van der Waals surface area contributed by atoms with Crippen LogP contribution in [0.5, 0.6) is 5.75 Å². The summed E-state index contributed by atoms with van der Waals surface area (Å²) in [5.41, 5.74) is 0.267. The highest BCUT2D eigenvalue weighted by atomic mass is 35.5. The molecule has 1 rings (SSSR count). The summed E-state index contributed by atoms with van der Waals surface area (Å²) < 4.78 is 46.3. The summed E-state index contributed by atoms with van der Waals surface area (Å²) in [6, 6.07) is 2.37. The number of benzene rings is 1. The van der Waals surface area contributed by atoms with Crippen LogP contribution < -0.4 is 4.74 Å². The molecule has 0 heterocycles. The molecule has 0 fully saturated rings. The van der Waals surface area contributed by atoms with Crippen molar-refractivity contribution in [3.8, 4) is 5.75 Å². The van der Waals surface area contributed by atoms with Gasteiger partial charge < -0.3 is 9.47 Å². The van der Waals surface area contributed by atoms with Gasteiger partial charge in [0.1, 0.15) is 0 Å². The van der Waals surface area contributed by atoms with Gasteiger partial charge in [0.15, 0.2) is 11.6 Å². The van der Waals surface area contributed by atoms with Crippen LogP contribution in [-0.2, 0) is 21.8 Å². The zero-order valence-corrected chi connectivity index (χ0v) is 10.1. The van der Waals surface area contributed by atoms with Gasteiger partial charge in [-0.2, -0.15) is 8.78 Å². The Kier molecular flexibility index (Phi) is 5.27. The van der Waals surface area contributed by atoms with Crippen molar-refractivity contribution in [2.45, 2.75) is 18.9 Å². The Morgan fingerprint density at radius 1 is 1.44 bits per heavy atom. The van der Waals surface area contributed by atoms with Crippen LogP contribution in [0.1, 0.15) is 11.1 Å². The van der Waals surface area contributed by atoms with Crippen molar-refractivity contribution in [2.75, 3.05) is 7.11 Å². The molecule has 0 bridgehead atoms. The summed E-state index contributed by atoms with van der Waals surface area (Å²) in [4.78, 5) is 11.1. The van der Waals surface area contributed by atoms with Crippen molar-refractivity contribution in [3.05, 3.63) is 29.1 Å². The molecule has 0 aromatic heterocycles. The fourth-order valence-electron chi connectivity index (χ4n) is 1.33. The number of halogens is 4. The van der Waals surface area contributed by atoms with Gasteiger partial charge in [0.25, 0.3) is 0 Å². The first kappa shape index (κ1) is 14.6. The quantitative estimate of drug-likeness (QED) is 0.615. The van der Waals surface area contributed by atoms with E-state index in [4.69, 9.17) is 11.6 Å². The van der Waals surface area contributed by atoms with E-state index in [2.05, 4.69) is 9.47 Å². The molecule has 7 heteroatoms. The standard InChI is InChI=1S/C11H10ClF3O3/c1-17-9(16)4-7-2-6(5-12)3-8(10(7)13)18-11(14)15/h2-3,11H,4-5H2,1H3. The number of carbonyl (C=O) groups excluding carboxylic acids is 1. The zero-order valence-electron chi connectivity index (χ0n) is 9.38. The molecule has 0 spiro atoms. The lowest BCUT2D eigenvalue weighted by Gasteiger charge is -2.11. The third-order valence-corrected chi connectivity index (χ3v) is 2.42. The van der Waals surface area contributed by atoms with Gasteiger partial charge in [0.05, 0.1) is 13.5 Å². The molecule has 0 saturated heterocycles. The predicted octanol–water partition coefficient (Wildman–Crippen LogP) is 2.88. The molecule has 0 atom stereocenters. The highest BCUT2D eigenvalue weighted by Crippen LogP contribution is 2.26. The molecule has 18 heavy (non-hydrogen) atoms. The second-order valence-corrected chi connectivity index (χ2v) is 3.60. The van der Waals surface area contributed by atoms with Crippen LogP contribution in [0.4, 0.5) is 13.2 Å². The van der Waals surface area contributed by atoms with Crippen LogP contribution in [0, 0.1) is 5.82 Å². The summed E-state index contributed by atoms with van der Waals surface area (Å²) in [5.74, 6) is -2.37. The van der Waals surface area contributed by atoms with Crippen molar-refractivity contribution in [3.63, 3.8) is 0 Å². The molecule has 1 aromatic rings. The van der Waals surface area contributed by atoms with Gasteiger partial charge in [0.2, 0.25) is 0 Å². The summed E-state index contributed by atoms with van der Waals surface area (Å²) in [7, 11) is 1.14. The Morgan fingerprint density at radius 2 is 2.11 bits per heavy atom. The van der Waals surface area contributed by atoms with E-state index in [9.17, 15) is 18.0 Å². The average molecular weight is 283 g/mol. The molecule has 0 aliphatic carbocycles. The summed E-state index contributed by atoms with van der Waals surface area (Å²) in [5, 5.41) is 0. The number of ether oxygens (including phenoxy) is 2. The van der Waals surface area contributed by atoms with Crippen LogP contribution in [0.2, 0.25) is 0 Å². The van der Waals surface area contributed by atoms with Crippen LogP contribution in [-0.4, -0.2) is 19.7 Å². The maximum atomic E-state index is 13.7. The molecule has 0 N–H and O–H groups in total. The van der Waals surface area contributed by atoms with Crippen molar-refractivity contribution in [1.82, 2.24) is 0 Å². The number of rotatable bonds is 5. The largest absolute Gasteiger partial charge is 0.469 e. The Bertz CT molecular complexity index is 438. The molecular formula is C11H10ClF3O3. The van der Waals surface area contributed by atoms with Crippen molar-refractivity contribution in [1.29, 1.82) is 0 Å². The van der Waals surface area contributed by atoms with Crippen LogP contribution in [0.3, 0.4) is 0 Å². The maximum absolute atomic E-state index is 13.7. The summed E-state index contributed by atoms with van der Waals surface area (Å²) in [6.45, 7) is -3.16. The topological polar surface area (TPSA) is 35.5 Å². The minimum Gasteiger partial charge on any atom is -0.469 e. The van der Waals surface area contributed by atoms with Gasteiger partial charge in [0, 0.05) is 11.4 Å². The van der Waals surface area contributed by atoms with Crippen LogP contribution in [0.15, 0.2) is 12.1 Å². The molecule has 0 radical (unpaired) electrons. The van der Waals surface area contributed by atoms with Gasteiger partial charge in [-0.25, -0.2) is 4.39 Å². The van der Waals surface area contributed by atoms with E-state index in [1.165, 1.54) is 6.07 Å². The summed E-state index contributed by atoms with van der Waals surface area (Å²) >= 11 is 5.55. The van der Waals surface area contributed by atoms with Gasteiger partial charge in [-0.15, -0.1) is 11.6 Å². The lowest BCUT2D eigenvalue weighted by Crippen LogP contribution is -2.10. The van der Waals surface area contributed by atoms with E-state index >= 15 is 0 Å². The SMILES string of the molecule is COC(=O)Cc1cc(CCl)cc(OC(F)F)c1F. The van der Waals surface area contributed by atoms with Gasteiger partial charge >= 0.3 is 12.6 Å². The van der Waals surface area contributed by atoms with E-state index in [1.807, 2.05) is 0 Å². The van der Waals surface area contributed by atoms with Crippen LogP contribution >= 0.6 is 11.6 Å². The first-order valence-electron chi connectivity index (χ1n) is 4.86. The van der Waals surface area contributed by atoms with Crippen molar-refractivity contribution in [2.24, 2.45) is 0 Å². The average Bonchev–Trinajstić information content (AvgIpc) is 2.33. The first-order valence-corrected chi connectivity index (χ1v) is 5.40. The summed E-state index contributed by atoms with van der Waals surface area (Å²) in [6.07, 6.45) is -0.382. The van der Waals surface area contributed by atoms with Crippen molar-refractivity contribution >= 4 is 17.6 Å². The molecule has 0 amide bonds. The fraction of sp³-hybridized carbons (Fsp3) is 0.364. The van der Waals surface area contributed by atoms with E-state index in [0.717, 1.165) is 13.2 Å². The lowest BCUT2D eigenvalue weighted by atomic mass is 10.1. The van der Waals surface area contributed by atoms with E-state index in [-0.39, 0.29) is 17.9 Å². The lowest BCUT2D eigenvalue weighted by molar-refractivity contribution is -0.139. The second-order valence-electron chi connectivity index (χ2n) is 3.33. The Hall–Kier alpha value is -1.43. The molecule has 1 aromatic carbocycles. The second kappa shape index (κ2) is 6.49. The maximum Gasteiger partial charge on any atom is 0.387 e. The Balaban J connectivity index is 3.11. The number of methoxy groups -OCH3 is 1. The molecule has 0 unspecified atom stereocenters. The van der Waals surface area contributed by atoms with Gasteiger partial charge in [-0.3, -0.25) is 4.79 Å². The highest BCUT2D eigenvalue weighted by Gasteiger charge is 2.17. The minimum absolute atomic E-state index is 0.0198. The Labute approximate surface area is 106 Å². The van der Waals surface area contributed by atoms with Crippen molar-refractivity contribution < 1.29 is 27.4 Å². The fourth-order valence-corrected chi connectivity index (χ4v) is 1.49. The van der Waals surface area contributed by atoms with Gasteiger partial charge in [-0.1, -0.05) is 6.07 Å². The molecule has 3 nitrogen and oxygen atoms in total. The number of carbonyl (C=O) groups is 1. The smallest absolute Gasteiger partial charge is 0.387 e. The molecule has 0 saturated carbocycles. The molecule has 0 aliphatic heterocycles. The number of hydrogen-bond acceptors (Lipinski definition) is 3. The minimum atomic E-state index is -3.16. The van der Waals surface area contributed by atoms with E-state index in [1.54, 1.807) is 0 Å². The third-order valence-electron chi connectivity index (χ3n) is 2.11.